The van der Waals surface area contributed by atoms with Gasteiger partial charge in [-0.1, -0.05) is 142 Å². The van der Waals surface area contributed by atoms with Gasteiger partial charge in [0.05, 0.1) is 45.2 Å². The minimum Gasteiger partial charge on any atom is -0.379 e. The van der Waals surface area contributed by atoms with Gasteiger partial charge in [-0.15, -0.1) is 0 Å². The van der Waals surface area contributed by atoms with Crippen LogP contribution in [0.1, 0.15) is 203 Å². The smallest absolute Gasteiger partial charge is 0.0936 e. The SMILES string of the molecule is CCCCCC=CCC=CCCCCCCCCOCC(CN1CC[C@@H](C)C1)OCCOCCO[C@H]1CC[C@@]2(C)C(=CCC3C2CC[C@@]2(C)C3CC[C@@H]2[C@H](C)CCCC(C)C)C1. The van der Waals surface area contributed by atoms with Crippen LogP contribution in [0.15, 0.2) is 36.0 Å². The third-order valence-corrected chi connectivity index (χ3v) is 17.2. The summed E-state index contributed by atoms with van der Waals surface area (Å²) in [5, 5.41) is 0. The highest BCUT2D eigenvalue weighted by Gasteiger charge is 2.59. The fourth-order valence-corrected chi connectivity index (χ4v) is 13.5. The van der Waals surface area contributed by atoms with E-state index in [1.165, 1.54) is 148 Å². The molecule has 4 fully saturated rings. The number of allylic oxidation sites excluding steroid dienone is 5. The number of hydrogen-bond donors (Lipinski definition) is 0. The summed E-state index contributed by atoms with van der Waals surface area (Å²) in [5.74, 6) is 6.15. The summed E-state index contributed by atoms with van der Waals surface area (Å²) in [4.78, 5) is 2.57. The molecule has 5 rings (SSSR count). The Hall–Kier alpha value is -0.980. The van der Waals surface area contributed by atoms with Crippen molar-refractivity contribution >= 4 is 0 Å². The molecule has 0 radical (unpaired) electrons. The second kappa shape index (κ2) is 28.3. The average molecular weight is 864 g/mol. The van der Waals surface area contributed by atoms with Crippen LogP contribution >= 0.6 is 0 Å². The van der Waals surface area contributed by atoms with Crippen LogP contribution < -0.4 is 0 Å². The lowest BCUT2D eigenvalue weighted by Crippen LogP contribution is -2.51. The predicted octanol–water partition coefficient (Wildman–Crippen LogP) is 15.0. The Kier molecular flexibility index (Phi) is 23.7. The van der Waals surface area contributed by atoms with E-state index in [0.29, 0.717) is 50.0 Å². The largest absolute Gasteiger partial charge is 0.379 e. The van der Waals surface area contributed by atoms with Crippen molar-refractivity contribution in [2.75, 3.05) is 59.3 Å². The van der Waals surface area contributed by atoms with Crippen molar-refractivity contribution in [1.29, 1.82) is 0 Å². The molecule has 62 heavy (non-hydrogen) atoms. The fourth-order valence-electron chi connectivity index (χ4n) is 13.5. The van der Waals surface area contributed by atoms with Crippen LogP contribution in [0.3, 0.4) is 0 Å². The van der Waals surface area contributed by atoms with Gasteiger partial charge in [-0.05, 0) is 155 Å². The second-order valence-electron chi connectivity index (χ2n) is 22.4. The molecule has 0 spiro atoms. The molecular weight excluding hydrogens is 763 g/mol. The molecule has 358 valence electrons. The molecule has 0 amide bonds. The molecule has 4 unspecified atom stereocenters. The molecule has 0 bridgehead atoms. The molecule has 0 aromatic carbocycles. The van der Waals surface area contributed by atoms with E-state index in [1.54, 1.807) is 5.57 Å². The number of fused-ring (bicyclic) bond motifs is 5. The summed E-state index contributed by atoms with van der Waals surface area (Å²) in [6, 6.07) is 0. The number of unbranched alkanes of at least 4 members (excludes halogenated alkanes) is 9. The maximum atomic E-state index is 6.52. The van der Waals surface area contributed by atoms with Gasteiger partial charge in [0, 0.05) is 19.7 Å². The van der Waals surface area contributed by atoms with Crippen molar-refractivity contribution in [1.82, 2.24) is 4.90 Å². The molecular formula is C57H101NO4. The second-order valence-corrected chi connectivity index (χ2v) is 22.4. The van der Waals surface area contributed by atoms with E-state index in [-0.39, 0.29) is 6.10 Å². The zero-order valence-corrected chi connectivity index (χ0v) is 42.0. The topological polar surface area (TPSA) is 40.2 Å². The molecule has 0 aromatic heterocycles. The van der Waals surface area contributed by atoms with Crippen LogP contribution in [0.25, 0.3) is 0 Å². The first-order valence-corrected chi connectivity index (χ1v) is 27.2. The lowest BCUT2D eigenvalue weighted by atomic mass is 9.47. The predicted molar refractivity (Wildman–Crippen MR) is 264 cm³/mol. The molecule has 1 aliphatic heterocycles. The molecule has 10 atom stereocenters. The van der Waals surface area contributed by atoms with Gasteiger partial charge in [0.1, 0.15) is 0 Å². The van der Waals surface area contributed by atoms with Crippen LogP contribution in [0.4, 0.5) is 0 Å². The first-order chi connectivity index (χ1) is 30.1. The van der Waals surface area contributed by atoms with Gasteiger partial charge < -0.3 is 23.8 Å². The molecule has 5 nitrogen and oxygen atoms in total. The first kappa shape index (κ1) is 52.0. The average Bonchev–Trinajstić information content (AvgIpc) is 3.84. The van der Waals surface area contributed by atoms with Crippen LogP contribution in [-0.2, 0) is 18.9 Å². The summed E-state index contributed by atoms with van der Waals surface area (Å²) in [6.45, 7) is 24.8. The third kappa shape index (κ3) is 16.4. The summed E-state index contributed by atoms with van der Waals surface area (Å²) in [5.41, 5.74) is 2.68. The Labute approximate surface area is 384 Å². The van der Waals surface area contributed by atoms with Crippen LogP contribution in [0.5, 0.6) is 0 Å². The van der Waals surface area contributed by atoms with Crippen LogP contribution in [0, 0.1) is 52.3 Å². The molecule has 4 aliphatic carbocycles. The maximum Gasteiger partial charge on any atom is 0.0936 e. The van der Waals surface area contributed by atoms with E-state index in [2.05, 4.69) is 83.7 Å². The molecule has 0 aromatic rings. The van der Waals surface area contributed by atoms with Gasteiger partial charge in [0.25, 0.3) is 0 Å². The summed E-state index contributed by atoms with van der Waals surface area (Å²) >= 11 is 0. The van der Waals surface area contributed by atoms with E-state index in [9.17, 15) is 0 Å². The molecule has 3 saturated carbocycles. The minimum absolute atomic E-state index is 0.112. The number of nitrogens with zero attached hydrogens (tertiary/aromatic N) is 1. The Morgan fingerprint density at radius 2 is 1.50 bits per heavy atom. The third-order valence-electron chi connectivity index (χ3n) is 17.2. The zero-order valence-electron chi connectivity index (χ0n) is 42.0. The van der Waals surface area contributed by atoms with Gasteiger partial charge in [0.2, 0.25) is 0 Å². The molecule has 5 heteroatoms. The minimum atomic E-state index is 0.112. The van der Waals surface area contributed by atoms with E-state index >= 15 is 0 Å². The van der Waals surface area contributed by atoms with Crippen molar-refractivity contribution < 1.29 is 18.9 Å². The van der Waals surface area contributed by atoms with Crippen molar-refractivity contribution in [2.24, 2.45) is 52.3 Å². The van der Waals surface area contributed by atoms with Crippen molar-refractivity contribution in [3.8, 4) is 0 Å². The summed E-state index contributed by atoms with van der Waals surface area (Å²) < 4.78 is 25.2. The standard InChI is InChI=1S/C57H101NO4/c1-8-9-10-11-12-13-14-15-16-17-18-19-20-21-22-23-37-60-45-51(44-58-36-33-47(4)43-58)62-41-39-59-38-40-61-50-31-34-56(6)49(42-50)27-28-52-54-30-29-53(48(5)26-24-25-46(2)3)57(54,7)35-32-55(52)56/h12-13,15-16,27,46-48,50-55H,8-11,14,17-26,28-45H2,1-7H3/t47-,48-,50+,51?,52?,53-,54?,55?,56+,57-/m1/s1. The molecule has 1 heterocycles. The monoisotopic (exact) mass is 864 g/mol. The van der Waals surface area contributed by atoms with Gasteiger partial charge in [-0.2, -0.15) is 0 Å². The molecule has 0 N–H and O–H groups in total. The highest BCUT2D eigenvalue weighted by atomic mass is 16.6. The van der Waals surface area contributed by atoms with E-state index in [4.69, 9.17) is 18.9 Å². The highest BCUT2D eigenvalue weighted by Crippen LogP contribution is 2.67. The van der Waals surface area contributed by atoms with Gasteiger partial charge in [-0.3, -0.25) is 0 Å². The Morgan fingerprint density at radius 3 is 2.26 bits per heavy atom. The van der Waals surface area contributed by atoms with Crippen molar-refractivity contribution in [3.05, 3.63) is 36.0 Å². The van der Waals surface area contributed by atoms with Crippen molar-refractivity contribution in [3.63, 3.8) is 0 Å². The number of rotatable bonds is 32. The highest BCUT2D eigenvalue weighted by molar-refractivity contribution is 5.25. The van der Waals surface area contributed by atoms with Crippen LogP contribution in [0.2, 0.25) is 0 Å². The molecule has 5 aliphatic rings. The lowest BCUT2D eigenvalue weighted by Gasteiger charge is -2.58. The van der Waals surface area contributed by atoms with Gasteiger partial charge >= 0.3 is 0 Å². The molecule has 1 saturated heterocycles. The van der Waals surface area contributed by atoms with Gasteiger partial charge in [-0.25, -0.2) is 0 Å². The van der Waals surface area contributed by atoms with E-state index < -0.39 is 0 Å². The number of likely N-dealkylation sites (tertiary alicyclic amines) is 1. The first-order valence-electron chi connectivity index (χ1n) is 27.2. The van der Waals surface area contributed by atoms with Crippen LogP contribution in [-0.4, -0.2) is 76.4 Å². The summed E-state index contributed by atoms with van der Waals surface area (Å²) in [6.07, 6.45) is 44.2. The van der Waals surface area contributed by atoms with E-state index in [0.717, 1.165) is 73.8 Å². The zero-order chi connectivity index (χ0) is 44.0. The number of ether oxygens (including phenoxy) is 4. The van der Waals surface area contributed by atoms with Crippen molar-refractivity contribution in [2.45, 2.75) is 215 Å². The number of hydrogen-bond acceptors (Lipinski definition) is 5. The normalized spacial score (nSPS) is 31.2. The van der Waals surface area contributed by atoms with Gasteiger partial charge in [0.15, 0.2) is 0 Å². The summed E-state index contributed by atoms with van der Waals surface area (Å²) in [7, 11) is 0. The Bertz CT molecular complexity index is 1290. The quantitative estimate of drug-likeness (QED) is 0.0498. The Balaban J connectivity index is 0.912. The Morgan fingerprint density at radius 1 is 0.742 bits per heavy atom. The maximum absolute atomic E-state index is 6.52. The van der Waals surface area contributed by atoms with E-state index in [1.807, 2.05) is 0 Å². The fraction of sp³-hybridized carbons (Fsp3) is 0.895. The lowest BCUT2D eigenvalue weighted by molar-refractivity contribution is -0.0731.